The van der Waals surface area contributed by atoms with Crippen LogP contribution < -0.4 is 5.32 Å². The lowest BCUT2D eigenvalue weighted by Crippen LogP contribution is -2.09. The second-order valence-electron chi connectivity index (χ2n) is 4.50. The SMILES string of the molecule is Cc1noc(CCNc2cc(Cl)nc(C(C)C)n2)n1. The molecular weight excluding hydrogens is 266 g/mol. The Morgan fingerprint density at radius 3 is 2.74 bits per heavy atom. The second-order valence-corrected chi connectivity index (χ2v) is 4.89. The highest BCUT2D eigenvalue weighted by molar-refractivity contribution is 6.29. The summed E-state index contributed by atoms with van der Waals surface area (Å²) < 4.78 is 5.03. The number of halogens is 1. The topological polar surface area (TPSA) is 76.7 Å². The van der Waals surface area contributed by atoms with Crippen molar-refractivity contribution < 1.29 is 4.52 Å². The summed E-state index contributed by atoms with van der Waals surface area (Å²) in [5, 5.41) is 7.35. The van der Waals surface area contributed by atoms with Crippen LogP contribution in [0.15, 0.2) is 10.6 Å². The summed E-state index contributed by atoms with van der Waals surface area (Å²) >= 11 is 5.96. The minimum Gasteiger partial charge on any atom is -0.369 e. The van der Waals surface area contributed by atoms with Crippen LogP contribution in [0.1, 0.15) is 37.3 Å². The first-order valence-electron chi connectivity index (χ1n) is 6.12. The van der Waals surface area contributed by atoms with Gasteiger partial charge in [-0.1, -0.05) is 30.6 Å². The first-order valence-corrected chi connectivity index (χ1v) is 6.50. The van der Waals surface area contributed by atoms with Crippen molar-refractivity contribution in [3.63, 3.8) is 0 Å². The average molecular weight is 282 g/mol. The Labute approximate surface area is 116 Å². The molecule has 0 amide bonds. The van der Waals surface area contributed by atoms with Gasteiger partial charge < -0.3 is 9.84 Å². The van der Waals surface area contributed by atoms with E-state index in [9.17, 15) is 0 Å². The van der Waals surface area contributed by atoms with Gasteiger partial charge in [0.05, 0.1) is 0 Å². The van der Waals surface area contributed by atoms with Gasteiger partial charge in [-0.2, -0.15) is 4.98 Å². The van der Waals surface area contributed by atoms with E-state index in [1.54, 1.807) is 13.0 Å². The number of nitrogens with one attached hydrogen (secondary N) is 1. The van der Waals surface area contributed by atoms with Crippen molar-refractivity contribution in [2.75, 3.05) is 11.9 Å². The lowest BCUT2D eigenvalue weighted by Gasteiger charge is -2.08. The van der Waals surface area contributed by atoms with Crippen molar-refractivity contribution in [3.05, 3.63) is 28.8 Å². The van der Waals surface area contributed by atoms with E-state index >= 15 is 0 Å². The largest absolute Gasteiger partial charge is 0.369 e. The highest BCUT2D eigenvalue weighted by Gasteiger charge is 2.07. The van der Waals surface area contributed by atoms with E-state index < -0.39 is 0 Å². The first kappa shape index (κ1) is 13.7. The van der Waals surface area contributed by atoms with Gasteiger partial charge in [-0.05, 0) is 6.92 Å². The van der Waals surface area contributed by atoms with Gasteiger partial charge in [-0.3, -0.25) is 0 Å². The van der Waals surface area contributed by atoms with Gasteiger partial charge in [-0.15, -0.1) is 0 Å². The van der Waals surface area contributed by atoms with E-state index in [1.807, 2.05) is 13.8 Å². The molecule has 1 N–H and O–H groups in total. The molecule has 0 saturated carbocycles. The van der Waals surface area contributed by atoms with Gasteiger partial charge in [0.15, 0.2) is 5.82 Å². The molecule has 0 aromatic carbocycles. The molecule has 0 saturated heterocycles. The monoisotopic (exact) mass is 281 g/mol. The molecule has 19 heavy (non-hydrogen) atoms. The van der Waals surface area contributed by atoms with Crippen molar-refractivity contribution in [1.29, 1.82) is 0 Å². The summed E-state index contributed by atoms with van der Waals surface area (Å²) in [4.78, 5) is 12.7. The lowest BCUT2D eigenvalue weighted by molar-refractivity contribution is 0.377. The van der Waals surface area contributed by atoms with Crippen LogP contribution in [0.2, 0.25) is 5.15 Å². The molecule has 0 fully saturated rings. The standard InChI is InChI=1S/C12H16ClN5O/c1-7(2)12-16-9(13)6-10(17-12)14-5-4-11-15-8(3)18-19-11/h6-7H,4-5H2,1-3H3,(H,14,16,17). The Balaban J connectivity index is 1.95. The van der Waals surface area contributed by atoms with E-state index in [1.165, 1.54) is 0 Å². The maximum absolute atomic E-state index is 5.96. The molecule has 0 atom stereocenters. The third-order valence-corrected chi connectivity index (χ3v) is 2.64. The van der Waals surface area contributed by atoms with Crippen LogP contribution in [-0.2, 0) is 6.42 Å². The van der Waals surface area contributed by atoms with Crippen LogP contribution in [0.3, 0.4) is 0 Å². The van der Waals surface area contributed by atoms with E-state index in [4.69, 9.17) is 16.1 Å². The molecule has 2 aromatic heterocycles. The molecule has 0 spiro atoms. The number of anilines is 1. The molecule has 6 nitrogen and oxygen atoms in total. The molecule has 0 unspecified atom stereocenters. The van der Waals surface area contributed by atoms with Gasteiger partial charge in [0, 0.05) is 24.9 Å². The molecular formula is C12H16ClN5O. The molecule has 0 aliphatic heterocycles. The Hall–Kier alpha value is -1.69. The molecule has 7 heteroatoms. The second kappa shape index (κ2) is 5.97. The number of aryl methyl sites for hydroxylation is 1. The number of hydrogen-bond donors (Lipinski definition) is 1. The summed E-state index contributed by atoms with van der Waals surface area (Å²) in [5.41, 5.74) is 0. The minimum absolute atomic E-state index is 0.234. The van der Waals surface area contributed by atoms with Crippen LogP contribution in [-0.4, -0.2) is 26.7 Å². The maximum Gasteiger partial charge on any atom is 0.228 e. The lowest BCUT2D eigenvalue weighted by atomic mass is 10.2. The highest BCUT2D eigenvalue weighted by Crippen LogP contribution is 2.16. The summed E-state index contributed by atoms with van der Waals surface area (Å²) in [6.07, 6.45) is 0.638. The fraction of sp³-hybridized carbons (Fsp3) is 0.500. The number of rotatable bonds is 5. The van der Waals surface area contributed by atoms with Crippen LogP contribution >= 0.6 is 11.6 Å². The predicted octanol–water partition coefficient (Wildman–Crippen LogP) is 2.60. The van der Waals surface area contributed by atoms with Crippen molar-refractivity contribution >= 4 is 17.4 Å². The molecule has 2 aromatic rings. The third kappa shape index (κ3) is 3.89. The van der Waals surface area contributed by atoms with Crippen molar-refractivity contribution in [2.45, 2.75) is 33.1 Å². The minimum atomic E-state index is 0.234. The summed E-state index contributed by atoms with van der Waals surface area (Å²) in [6, 6.07) is 1.70. The maximum atomic E-state index is 5.96. The summed E-state index contributed by atoms with van der Waals surface area (Å²) in [5.74, 6) is 2.91. The fourth-order valence-electron chi connectivity index (χ4n) is 1.52. The summed E-state index contributed by atoms with van der Waals surface area (Å²) in [7, 11) is 0. The molecule has 0 bridgehead atoms. The Morgan fingerprint density at radius 2 is 2.11 bits per heavy atom. The molecule has 0 aliphatic carbocycles. The zero-order valence-electron chi connectivity index (χ0n) is 11.1. The Bertz CT molecular complexity index is 555. The molecule has 102 valence electrons. The zero-order valence-corrected chi connectivity index (χ0v) is 11.9. The molecule has 0 aliphatic rings. The highest BCUT2D eigenvalue weighted by atomic mass is 35.5. The van der Waals surface area contributed by atoms with Gasteiger partial charge in [0.25, 0.3) is 0 Å². The fourth-order valence-corrected chi connectivity index (χ4v) is 1.71. The zero-order chi connectivity index (χ0) is 13.8. The first-order chi connectivity index (χ1) is 9.04. The number of hydrogen-bond acceptors (Lipinski definition) is 6. The van der Waals surface area contributed by atoms with E-state index in [2.05, 4.69) is 25.4 Å². The van der Waals surface area contributed by atoms with E-state index in [-0.39, 0.29) is 5.92 Å². The smallest absolute Gasteiger partial charge is 0.228 e. The number of nitrogens with zero attached hydrogens (tertiary/aromatic N) is 4. The predicted molar refractivity (Wildman–Crippen MR) is 72.4 cm³/mol. The molecule has 2 rings (SSSR count). The third-order valence-electron chi connectivity index (χ3n) is 2.44. The van der Waals surface area contributed by atoms with Crippen LogP contribution in [0.4, 0.5) is 5.82 Å². The quantitative estimate of drug-likeness (QED) is 0.849. The van der Waals surface area contributed by atoms with Gasteiger partial charge in [0.1, 0.15) is 16.8 Å². The van der Waals surface area contributed by atoms with Crippen molar-refractivity contribution in [3.8, 4) is 0 Å². The average Bonchev–Trinajstić information content (AvgIpc) is 2.74. The molecule has 2 heterocycles. The van der Waals surface area contributed by atoms with Crippen LogP contribution in [0, 0.1) is 6.92 Å². The van der Waals surface area contributed by atoms with Gasteiger partial charge in [0.2, 0.25) is 5.89 Å². The Kier molecular flexibility index (Phi) is 4.31. The van der Waals surface area contributed by atoms with E-state index in [0.29, 0.717) is 35.7 Å². The summed E-state index contributed by atoms with van der Waals surface area (Å²) in [6.45, 7) is 6.49. The van der Waals surface area contributed by atoms with Gasteiger partial charge >= 0.3 is 0 Å². The van der Waals surface area contributed by atoms with Crippen LogP contribution in [0.25, 0.3) is 0 Å². The Morgan fingerprint density at radius 1 is 1.32 bits per heavy atom. The number of aromatic nitrogens is 4. The molecule has 0 radical (unpaired) electrons. The van der Waals surface area contributed by atoms with Crippen molar-refractivity contribution in [2.24, 2.45) is 0 Å². The van der Waals surface area contributed by atoms with Crippen LogP contribution in [0.5, 0.6) is 0 Å². The van der Waals surface area contributed by atoms with E-state index in [0.717, 1.165) is 5.82 Å². The normalized spacial score (nSPS) is 11.0. The van der Waals surface area contributed by atoms with Crippen molar-refractivity contribution in [1.82, 2.24) is 20.1 Å². The van der Waals surface area contributed by atoms with Gasteiger partial charge in [-0.25, -0.2) is 9.97 Å².